The highest BCUT2D eigenvalue weighted by Crippen LogP contribution is 2.42. The number of amides is 1. The van der Waals surface area contributed by atoms with Crippen molar-refractivity contribution in [3.63, 3.8) is 0 Å². The summed E-state index contributed by atoms with van der Waals surface area (Å²) in [6, 6.07) is 13.3. The fourth-order valence-electron chi connectivity index (χ4n) is 4.54. The summed E-state index contributed by atoms with van der Waals surface area (Å²) in [7, 11) is 0. The van der Waals surface area contributed by atoms with Crippen LogP contribution in [0.25, 0.3) is 0 Å². The van der Waals surface area contributed by atoms with Crippen molar-refractivity contribution >= 4 is 45.1 Å². The molecule has 1 spiro atoms. The molecule has 2 aromatic carbocycles. The lowest BCUT2D eigenvalue weighted by atomic mass is 9.81. The van der Waals surface area contributed by atoms with E-state index in [1.807, 2.05) is 48.2 Å². The molecule has 0 saturated carbocycles. The van der Waals surface area contributed by atoms with Crippen molar-refractivity contribution in [2.45, 2.75) is 37.8 Å². The summed E-state index contributed by atoms with van der Waals surface area (Å²) in [6.45, 7) is 3.63. The predicted molar refractivity (Wildman–Crippen MR) is 127 cm³/mol. The Morgan fingerprint density at radius 3 is 2.84 bits per heavy atom. The van der Waals surface area contributed by atoms with Gasteiger partial charge in [-0.15, -0.1) is 0 Å². The van der Waals surface area contributed by atoms with Crippen LogP contribution in [0, 0.1) is 12.3 Å². The SMILES string of the molecule is Cc1cc(Br)c(Cl)cc1C1C(=N)C2(CCCN(CC(=O)NCc3ccccc3)C2)OC1=O. The van der Waals surface area contributed by atoms with E-state index in [0.29, 0.717) is 30.1 Å². The molecule has 32 heavy (non-hydrogen) atoms. The standard InChI is InChI=1S/C24H25BrClN3O3/c1-15-10-18(25)19(26)11-17(15)21-22(27)24(32-23(21)31)8-5-9-29(14-24)13-20(30)28-12-16-6-3-2-4-7-16/h2-4,6-7,10-11,21,27H,5,8-9,12-14H2,1H3,(H,28,30). The highest BCUT2D eigenvalue weighted by molar-refractivity contribution is 9.10. The van der Waals surface area contributed by atoms with Crippen molar-refractivity contribution < 1.29 is 14.3 Å². The predicted octanol–water partition coefficient (Wildman–Crippen LogP) is 4.22. The first-order valence-electron chi connectivity index (χ1n) is 10.6. The number of rotatable bonds is 5. The van der Waals surface area contributed by atoms with Crippen LogP contribution in [0.15, 0.2) is 46.9 Å². The number of esters is 1. The van der Waals surface area contributed by atoms with Crippen LogP contribution in [-0.2, 0) is 20.9 Å². The molecule has 2 atom stereocenters. The highest BCUT2D eigenvalue weighted by Gasteiger charge is 2.54. The van der Waals surface area contributed by atoms with Crippen molar-refractivity contribution in [1.29, 1.82) is 5.41 Å². The average molecular weight is 519 g/mol. The van der Waals surface area contributed by atoms with Gasteiger partial charge in [0, 0.05) is 17.6 Å². The minimum atomic E-state index is -0.994. The highest BCUT2D eigenvalue weighted by atomic mass is 79.9. The lowest BCUT2D eigenvalue weighted by Gasteiger charge is -2.38. The van der Waals surface area contributed by atoms with E-state index in [2.05, 4.69) is 21.2 Å². The Kier molecular flexibility index (Phi) is 6.70. The van der Waals surface area contributed by atoms with E-state index in [-0.39, 0.29) is 18.2 Å². The summed E-state index contributed by atoms with van der Waals surface area (Å²) in [5.41, 5.74) is 1.86. The summed E-state index contributed by atoms with van der Waals surface area (Å²) in [4.78, 5) is 27.3. The minimum absolute atomic E-state index is 0.0890. The normalized spacial score (nSPS) is 23.4. The second-order valence-electron chi connectivity index (χ2n) is 8.46. The molecule has 8 heteroatoms. The molecule has 2 unspecified atom stereocenters. The van der Waals surface area contributed by atoms with Crippen LogP contribution in [-0.4, -0.2) is 47.7 Å². The Hall–Kier alpha value is -2.22. The smallest absolute Gasteiger partial charge is 0.320 e. The van der Waals surface area contributed by atoms with Gasteiger partial charge in [-0.05, 0) is 71.1 Å². The first-order chi connectivity index (χ1) is 15.3. The number of halogens is 2. The molecule has 2 N–H and O–H groups in total. The van der Waals surface area contributed by atoms with Crippen LogP contribution < -0.4 is 5.32 Å². The van der Waals surface area contributed by atoms with Gasteiger partial charge in [-0.1, -0.05) is 41.9 Å². The fraction of sp³-hybridized carbons (Fsp3) is 0.375. The molecule has 168 valence electrons. The van der Waals surface area contributed by atoms with Gasteiger partial charge in [-0.25, -0.2) is 0 Å². The number of hydrogen-bond acceptors (Lipinski definition) is 5. The number of benzene rings is 2. The number of carbonyl (C=O) groups is 2. The summed E-state index contributed by atoms with van der Waals surface area (Å²) in [6.07, 6.45) is 1.33. The number of nitrogens with zero attached hydrogens (tertiary/aromatic N) is 1. The molecule has 0 bridgehead atoms. The second kappa shape index (κ2) is 9.33. The van der Waals surface area contributed by atoms with Gasteiger partial charge in [0.2, 0.25) is 5.91 Å². The van der Waals surface area contributed by atoms with Crippen LogP contribution >= 0.6 is 27.5 Å². The molecule has 1 amide bonds. The Bertz CT molecular complexity index is 1060. The molecule has 0 radical (unpaired) electrons. The molecule has 6 nitrogen and oxygen atoms in total. The van der Waals surface area contributed by atoms with E-state index in [4.69, 9.17) is 21.7 Å². The zero-order valence-electron chi connectivity index (χ0n) is 17.8. The molecule has 2 heterocycles. The Morgan fingerprint density at radius 1 is 1.34 bits per heavy atom. The molecule has 0 aromatic heterocycles. The number of carbonyl (C=O) groups excluding carboxylic acids is 2. The number of likely N-dealkylation sites (tertiary alicyclic amines) is 1. The van der Waals surface area contributed by atoms with Crippen molar-refractivity contribution in [2.24, 2.45) is 0 Å². The van der Waals surface area contributed by atoms with E-state index < -0.39 is 17.5 Å². The topological polar surface area (TPSA) is 82.5 Å². The van der Waals surface area contributed by atoms with E-state index in [1.54, 1.807) is 6.07 Å². The van der Waals surface area contributed by atoms with Crippen molar-refractivity contribution in [3.8, 4) is 0 Å². The molecular weight excluding hydrogens is 494 g/mol. The number of piperidine rings is 1. The van der Waals surface area contributed by atoms with E-state index in [0.717, 1.165) is 28.6 Å². The van der Waals surface area contributed by atoms with Gasteiger partial charge >= 0.3 is 5.97 Å². The van der Waals surface area contributed by atoms with E-state index in [1.165, 1.54) is 0 Å². The van der Waals surface area contributed by atoms with Gasteiger partial charge in [-0.3, -0.25) is 14.5 Å². The van der Waals surface area contributed by atoms with E-state index >= 15 is 0 Å². The van der Waals surface area contributed by atoms with Crippen LogP contribution in [0.5, 0.6) is 0 Å². The Balaban J connectivity index is 1.45. The zero-order chi connectivity index (χ0) is 22.9. The first-order valence-corrected chi connectivity index (χ1v) is 11.8. The summed E-state index contributed by atoms with van der Waals surface area (Å²) in [5.74, 6) is -1.28. The molecule has 2 aromatic rings. The van der Waals surface area contributed by atoms with Crippen molar-refractivity contribution in [1.82, 2.24) is 10.2 Å². The van der Waals surface area contributed by atoms with Crippen LogP contribution in [0.3, 0.4) is 0 Å². The number of nitrogens with one attached hydrogen (secondary N) is 2. The molecule has 2 fully saturated rings. The van der Waals surface area contributed by atoms with Crippen LogP contribution in [0.1, 0.15) is 35.4 Å². The maximum absolute atomic E-state index is 12.9. The molecule has 0 aliphatic carbocycles. The summed E-state index contributed by atoms with van der Waals surface area (Å²) < 4.78 is 6.59. The van der Waals surface area contributed by atoms with Gasteiger partial charge in [0.15, 0.2) is 5.60 Å². The fourth-order valence-corrected chi connectivity index (χ4v) is 5.17. The largest absolute Gasteiger partial charge is 0.451 e. The van der Waals surface area contributed by atoms with Gasteiger partial charge in [0.25, 0.3) is 0 Å². The zero-order valence-corrected chi connectivity index (χ0v) is 20.1. The van der Waals surface area contributed by atoms with Gasteiger partial charge in [-0.2, -0.15) is 0 Å². The summed E-state index contributed by atoms with van der Waals surface area (Å²) >= 11 is 9.67. The van der Waals surface area contributed by atoms with Gasteiger partial charge < -0.3 is 15.5 Å². The second-order valence-corrected chi connectivity index (χ2v) is 9.72. The molecular formula is C24H25BrClN3O3. The monoisotopic (exact) mass is 517 g/mol. The number of aryl methyl sites for hydroxylation is 1. The van der Waals surface area contributed by atoms with Crippen LogP contribution in [0.4, 0.5) is 0 Å². The lowest BCUT2D eigenvalue weighted by molar-refractivity contribution is -0.151. The van der Waals surface area contributed by atoms with E-state index in [9.17, 15) is 9.59 Å². The average Bonchev–Trinajstić information content (AvgIpc) is 2.99. The Labute approximate surface area is 200 Å². The third-order valence-electron chi connectivity index (χ3n) is 6.16. The number of hydrogen-bond donors (Lipinski definition) is 2. The third kappa shape index (κ3) is 4.60. The van der Waals surface area contributed by atoms with Crippen molar-refractivity contribution in [3.05, 3.63) is 68.7 Å². The molecule has 2 saturated heterocycles. The molecule has 2 aliphatic heterocycles. The maximum Gasteiger partial charge on any atom is 0.320 e. The lowest BCUT2D eigenvalue weighted by Crippen LogP contribution is -2.54. The van der Waals surface area contributed by atoms with Gasteiger partial charge in [0.1, 0.15) is 5.92 Å². The quantitative estimate of drug-likeness (QED) is 0.581. The minimum Gasteiger partial charge on any atom is -0.451 e. The first kappa shape index (κ1) is 23.0. The molecule has 4 rings (SSSR count). The third-order valence-corrected chi connectivity index (χ3v) is 7.36. The van der Waals surface area contributed by atoms with Crippen molar-refractivity contribution in [2.75, 3.05) is 19.6 Å². The Morgan fingerprint density at radius 2 is 2.09 bits per heavy atom. The molecule has 2 aliphatic rings. The number of ether oxygens (including phenoxy) is 1. The maximum atomic E-state index is 12.9. The van der Waals surface area contributed by atoms with Crippen LogP contribution in [0.2, 0.25) is 5.02 Å². The van der Waals surface area contributed by atoms with Gasteiger partial charge in [0.05, 0.1) is 17.3 Å². The summed E-state index contributed by atoms with van der Waals surface area (Å²) in [5, 5.41) is 12.3.